The molecular formula is C20H28O2. The molecule has 2 heteroatoms. The lowest BCUT2D eigenvalue weighted by atomic mass is 9.49. The predicted molar refractivity (Wildman–Crippen MR) is 87.2 cm³/mol. The van der Waals surface area contributed by atoms with E-state index >= 15 is 0 Å². The number of carbonyl (C=O) groups is 1. The molecular weight excluding hydrogens is 272 g/mol. The summed E-state index contributed by atoms with van der Waals surface area (Å²) in [5.74, 6) is 2.96. The second-order valence-corrected chi connectivity index (χ2v) is 8.70. The minimum Gasteiger partial charge on any atom is -0.385 e. The van der Waals surface area contributed by atoms with E-state index in [1.54, 1.807) is 11.6 Å². The number of aliphatic hydroxyl groups is 1. The van der Waals surface area contributed by atoms with Gasteiger partial charge in [0.1, 0.15) is 6.10 Å². The Morgan fingerprint density at radius 3 is 2.82 bits per heavy atom. The van der Waals surface area contributed by atoms with E-state index in [-0.39, 0.29) is 5.78 Å². The average molecular weight is 300 g/mol. The fourth-order valence-corrected chi connectivity index (χ4v) is 6.44. The van der Waals surface area contributed by atoms with Crippen molar-refractivity contribution >= 4 is 5.78 Å². The number of rotatable bonds is 0. The lowest BCUT2D eigenvalue weighted by Crippen LogP contribution is -2.49. The highest BCUT2D eigenvalue weighted by atomic mass is 16.3. The highest BCUT2D eigenvalue weighted by Gasteiger charge is 2.54. The third-order valence-corrected chi connectivity index (χ3v) is 7.21. The van der Waals surface area contributed by atoms with Crippen LogP contribution in [0, 0.1) is 35.0 Å². The van der Waals surface area contributed by atoms with Crippen molar-refractivity contribution in [1.82, 2.24) is 0 Å². The fraction of sp³-hybridized carbons (Fsp3) is 0.750. The van der Waals surface area contributed by atoms with E-state index in [1.807, 2.05) is 0 Å². The first-order valence-corrected chi connectivity index (χ1v) is 9.03. The van der Waals surface area contributed by atoms with Gasteiger partial charge in [0, 0.05) is 0 Å². The summed E-state index contributed by atoms with van der Waals surface area (Å²) in [4.78, 5) is 11.9. The van der Waals surface area contributed by atoms with Crippen LogP contribution in [0.1, 0.15) is 52.9 Å². The molecule has 120 valence electrons. The molecule has 0 aliphatic heterocycles. The molecule has 1 N–H and O–H groups in total. The number of aliphatic hydroxyl groups excluding tert-OH is 1. The van der Waals surface area contributed by atoms with E-state index in [9.17, 15) is 9.90 Å². The molecule has 7 atom stereocenters. The third-order valence-electron chi connectivity index (χ3n) is 7.21. The van der Waals surface area contributed by atoms with Gasteiger partial charge in [-0.1, -0.05) is 38.0 Å². The minimum atomic E-state index is -0.763. The minimum absolute atomic E-state index is 0.0646. The SMILES string of the molecule is CC1C[C@]2(C)CCC=C2[C@@H]2C(C)CC3=CC(=O)C(O)C[C@@H]3[C@@H]12. The van der Waals surface area contributed by atoms with E-state index in [0.717, 1.165) is 6.42 Å². The highest BCUT2D eigenvalue weighted by Crippen LogP contribution is 2.62. The maximum absolute atomic E-state index is 11.9. The van der Waals surface area contributed by atoms with Gasteiger partial charge in [0.05, 0.1) is 0 Å². The van der Waals surface area contributed by atoms with Crippen LogP contribution in [0.25, 0.3) is 0 Å². The van der Waals surface area contributed by atoms with Gasteiger partial charge in [-0.15, -0.1) is 0 Å². The predicted octanol–water partition coefficient (Wildman–Crippen LogP) is 3.90. The molecule has 0 aromatic rings. The standard InChI is InChI=1S/C20H28O2/c1-11-7-13-8-16(21)17(22)9-14(13)18-12(2)10-20(3)6-4-5-15(20)19(11)18/h5,8,11-12,14,17-19,22H,4,6-7,9-10H2,1-3H3/t11?,12?,14-,17?,18+,19-,20-/m0/s1. The van der Waals surface area contributed by atoms with Crippen molar-refractivity contribution in [3.8, 4) is 0 Å². The number of hydrogen-bond donors (Lipinski definition) is 1. The molecule has 2 nitrogen and oxygen atoms in total. The van der Waals surface area contributed by atoms with Crippen molar-refractivity contribution < 1.29 is 9.90 Å². The van der Waals surface area contributed by atoms with Gasteiger partial charge in [0.2, 0.25) is 0 Å². The summed E-state index contributed by atoms with van der Waals surface area (Å²) in [6, 6.07) is 0. The van der Waals surface area contributed by atoms with Crippen LogP contribution in [0.4, 0.5) is 0 Å². The zero-order chi connectivity index (χ0) is 15.6. The van der Waals surface area contributed by atoms with Gasteiger partial charge in [-0.25, -0.2) is 0 Å². The molecule has 0 aromatic carbocycles. The summed E-state index contributed by atoms with van der Waals surface area (Å²) in [7, 11) is 0. The van der Waals surface area contributed by atoms with E-state index in [2.05, 4.69) is 26.8 Å². The summed E-state index contributed by atoms with van der Waals surface area (Å²) in [6.07, 6.45) is 9.09. The van der Waals surface area contributed by atoms with Gasteiger partial charge in [-0.2, -0.15) is 0 Å². The normalized spacial score (nSPS) is 50.6. The Hall–Kier alpha value is -0.890. The van der Waals surface area contributed by atoms with Crippen LogP contribution in [0.15, 0.2) is 23.3 Å². The van der Waals surface area contributed by atoms with Crippen LogP contribution >= 0.6 is 0 Å². The van der Waals surface area contributed by atoms with Crippen LogP contribution in [-0.4, -0.2) is 17.0 Å². The summed E-state index contributed by atoms with van der Waals surface area (Å²) >= 11 is 0. The molecule has 4 aliphatic carbocycles. The molecule has 0 radical (unpaired) electrons. The summed E-state index contributed by atoms with van der Waals surface area (Å²) in [5, 5.41) is 10.1. The van der Waals surface area contributed by atoms with Gasteiger partial charge in [0.15, 0.2) is 5.78 Å². The second-order valence-electron chi connectivity index (χ2n) is 8.70. The maximum Gasteiger partial charge on any atom is 0.184 e. The van der Waals surface area contributed by atoms with Crippen LogP contribution in [0.3, 0.4) is 0 Å². The fourth-order valence-electron chi connectivity index (χ4n) is 6.44. The molecule has 2 saturated carbocycles. The molecule has 4 aliphatic rings. The monoisotopic (exact) mass is 300 g/mol. The van der Waals surface area contributed by atoms with Crippen LogP contribution in [-0.2, 0) is 4.79 Å². The quantitative estimate of drug-likeness (QED) is 0.689. The lowest BCUT2D eigenvalue weighted by Gasteiger charge is -2.56. The van der Waals surface area contributed by atoms with Crippen molar-refractivity contribution in [1.29, 1.82) is 0 Å². The largest absolute Gasteiger partial charge is 0.385 e. The zero-order valence-corrected chi connectivity index (χ0v) is 14.0. The molecule has 0 aromatic heterocycles. The first-order valence-electron chi connectivity index (χ1n) is 9.03. The first-order chi connectivity index (χ1) is 10.4. The smallest absolute Gasteiger partial charge is 0.184 e. The molecule has 0 amide bonds. The molecule has 0 heterocycles. The molecule has 0 bridgehead atoms. The molecule has 0 saturated heterocycles. The Kier molecular flexibility index (Phi) is 3.21. The van der Waals surface area contributed by atoms with Crippen molar-refractivity contribution in [2.24, 2.45) is 35.0 Å². The van der Waals surface area contributed by atoms with Crippen molar-refractivity contribution in [3.05, 3.63) is 23.3 Å². The van der Waals surface area contributed by atoms with Crippen LogP contribution in [0.5, 0.6) is 0 Å². The lowest BCUT2D eigenvalue weighted by molar-refractivity contribution is -0.125. The third kappa shape index (κ3) is 1.92. The Labute approximate surface area is 133 Å². The Morgan fingerprint density at radius 1 is 1.27 bits per heavy atom. The molecule has 4 rings (SSSR count). The second kappa shape index (κ2) is 4.80. The van der Waals surface area contributed by atoms with E-state index in [4.69, 9.17) is 0 Å². The average Bonchev–Trinajstić information content (AvgIpc) is 2.81. The molecule has 3 unspecified atom stereocenters. The van der Waals surface area contributed by atoms with Crippen LogP contribution < -0.4 is 0 Å². The van der Waals surface area contributed by atoms with Crippen LogP contribution in [0.2, 0.25) is 0 Å². The number of hydrogen-bond acceptors (Lipinski definition) is 2. The highest BCUT2D eigenvalue weighted by molar-refractivity contribution is 5.95. The number of fused-ring (bicyclic) bond motifs is 5. The molecule has 2 fully saturated rings. The molecule has 0 spiro atoms. The number of allylic oxidation sites excluding steroid dienone is 3. The zero-order valence-electron chi connectivity index (χ0n) is 14.0. The van der Waals surface area contributed by atoms with Crippen molar-refractivity contribution in [2.75, 3.05) is 0 Å². The number of ketones is 1. The summed E-state index contributed by atoms with van der Waals surface area (Å²) < 4.78 is 0. The van der Waals surface area contributed by atoms with E-state index in [1.165, 1.54) is 24.8 Å². The summed E-state index contributed by atoms with van der Waals surface area (Å²) in [5.41, 5.74) is 3.46. The van der Waals surface area contributed by atoms with Gasteiger partial charge in [-0.05, 0) is 73.2 Å². The Bertz CT molecular complexity index is 572. The van der Waals surface area contributed by atoms with Gasteiger partial charge < -0.3 is 5.11 Å². The maximum atomic E-state index is 11.9. The van der Waals surface area contributed by atoms with E-state index in [0.29, 0.717) is 41.4 Å². The van der Waals surface area contributed by atoms with Crippen molar-refractivity contribution in [3.63, 3.8) is 0 Å². The van der Waals surface area contributed by atoms with Crippen molar-refractivity contribution in [2.45, 2.75) is 59.0 Å². The first kappa shape index (κ1) is 14.7. The van der Waals surface area contributed by atoms with E-state index < -0.39 is 6.10 Å². The summed E-state index contributed by atoms with van der Waals surface area (Å²) in [6.45, 7) is 7.26. The molecule has 22 heavy (non-hydrogen) atoms. The van der Waals surface area contributed by atoms with Gasteiger partial charge in [-0.3, -0.25) is 4.79 Å². The number of carbonyl (C=O) groups excluding carboxylic acids is 1. The Morgan fingerprint density at radius 2 is 2.05 bits per heavy atom. The van der Waals surface area contributed by atoms with Gasteiger partial charge in [0.25, 0.3) is 0 Å². The topological polar surface area (TPSA) is 37.3 Å². The van der Waals surface area contributed by atoms with Gasteiger partial charge >= 0.3 is 0 Å². The Balaban J connectivity index is 1.76.